The van der Waals surface area contributed by atoms with E-state index in [0.29, 0.717) is 12.2 Å². The van der Waals surface area contributed by atoms with Gasteiger partial charge < -0.3 is 15.1 Å². The van der Waals surface area contributed by atoms with E-state index in [2.05, 4.69) is 4.90 Å². The maximum atomic E-state index is 12.0. The zero-order valence-corrected chi connectivity index (χ0v) is 14.3. The fourth-order valence-electron chi connectivity index (χ4n) is 1.84. The lowest BCUT2D eigenvalue weighted by atomic mass is 10.3. The van der Waals surface area contributed by atoms with E-state index < -0.39 is 11.9 Å². The predicted molar refractivity (Wildman–Crippen MR) is 93.7 cm³/mol. The second-order valence-electron chi connectivity index (χ2n) is 5.16. The van der Waals surface area contributed by atoms with Crippen molar-refractivity contribution >= 4 is 33.6 Å². The van der Waals surface area contributed by atoms with Gasteiger partial charge in [-0.1, -0.05) is 23.7 Å². The number of hydrogen-bond donors (Lipinski definition) is 2. The maximum absolute atomic E-state index is 12.0. The summed E-state index contributed by atoms with van der Waals surface area (Å²) in [5.74, 6) is -2.51. The van der Waals surface area contributed by atoms with Gasteiger partial charge in [-0.05, 0) is 39.2 Å². The number of carboxylic acids is 2. The average molecular weight is 352 g/mol. The molecule has 2 N–H and O–H groups in total. The molecule has 24 heavy (non-hydrogen) atoms. The number of benzene rings is 1. The lowest BCUT2D eigenvalue weighted by Crippen LogP contribution is -2.18. The summed E-state index contributed by atoms with van der Waals surface area (Å²) in [4.78, 5) is 33.2. The minimum atomic E-state index is -1.26. The number of hydrogen-bond acceptors (Lipinski definition) is 5. The molecule has 1 aromatic heterocycles. The fraction of sp³-hybridized carbons (Fsp3) is 0.312. The van der Waals surface area contributed by atoms with Gasteiger partial charge >= 0.3 is 11.9 Å². The molecule has 0 radical (unpaired) electrons. The number of rotatable bonds is 6. The molecule has 1 heterocycles. The minimum Gasteiger partial charge on any atom is -0.478 e. The molecule has 2 aromatic rings. The fourth-order valence-corrected chi connectivity index (χ4v) is 2.87. The molecule has 8 heteroatoms. The highest BCUT2D eigenvalue weighted by atomic mass is 32.1. The molecule has 0 fully saturated rings. The summed E-state index contributed by atoms with van der Waals surface area (Å²) >= 11 is 1.56. The third kappa shape index (κ3) is 6.76. The van der Waals surface area contributed by atoms with Crippen LogP contribution in [0.4, 0.5) is 0 Å². The second-order valence-corrected chi connectivity index (χ2v) is 6.22. The van der Waals surface area contributed by atoms with Gasteiger partial charge in [0.1, 0.15) is 0 Å². The van der Waals surface area contributed by atoms with E-state index >= 15 is 0 Å². The largest absolute Gasteiger partial charge is 0.478 e. The number of fused-ring (bicyclic) bond motifs is 1. The summed E-state index contributed by atoms with van der Waals surface area (Å²) in [6.07, 6.45) is 2.13. The van der Waals surface area contributed by atoms with Crippen LogP contribution in [0.25, 0.3) is 10.1 Å². The topological polar surface area (TPSA) is 99.8 Å². The van der Waals surface area contributed by atoms with Crippen LogP contribution in [0.2, 0.25) is 0 Å². The van der Waals surface area contributed by atoms with E-state index in [-0.39, 0.29) is 5.56 Å². The number of carboxylic acid groups (broad SMARTS) is 2. The third-order valence-electron chi connectivity index (χ3n) is 2.89. The molecule has 130 valence electrons. The van der Waals surface area contributed by atoms with Gasteiger partial charge in [-0.3, -0.25) is 8.75 Å². The molecule has 0 saturated carbocycles. The molecule has 7 nitrogen and oxygen atoms in total. The van der Waals surface area contributed by atoms with Gasteiger partial charge in [-0.25, -0.2) is 9.59 Å². The van der Waals surface area contributed by atoms with E-state index in [1.165, 1.54) is 0 Å². The summed E-state index contributed by atoms with van der Waals surface area (Å²) in [6, 6.07) is 7.80. The maximum Gasteiger partial charge on any atom is 0.328 e. The molecule has 2 rings (SSSR count). The van der Waals surface area contributed by atoms with E-state index in [4.69, 9.17) is 10.2 Å². The van der Waals surface area contributed by atoms with Crippen molar-refractivity contribution in [2.45, 2.75) is 13.0 Å². The van der Waals surface area contributed by atoms with Crippen molar-refractivity contribution < 1.29 is 19.8 Å². The Bertz CT molecular complexity index is 760. The summed E-state index contributed by atoms with van der Waals surface area (Å²) in [7, 11) is 4.10. The van der Waals surface area contributed by atoms with Crippen LogP contribution in [0.15, 0.2) is 41.2 Å². The van der Waals surface area contributed by atoms with Crippen molar-refractivity contribution in [3.05, 3.63) is 46.8 Å². The monoisotopic (exact) mass is 352 g/mol. The normalized spacial score (nSPS) is 10.8. The first-order chi connectivity index (χ1) is 11.3. The van der Waals surface area contributed by atoms with Gasteiger partial charge in [-0.15, -0.1) is 0 Å². The summed E-state index contributed by atoms with van der Waals surface area (Å²) in [6.45, 7) is 1.83. The Morgan fingerprint density at radius 2 is 1.75 bits per heavy atom. The molecular formula is C16H20N2O5S. The SMILES string of the molecule is CN(C)CCCn1sc2ccccc2c1=O.O=C(O)/C=C\C(=O)O. The van der Waals surface area contributed by atoms with E-state index in [1.54, 1.807) is 11.5 Å². The summed E-state index contributed by atoms with van der Waals surface area (Å²) in [5, 5.41) is 16.5. The zero-order chi connectivity index (χ0) is 18.1. The van der Waals surface area contributed by atoms with Crippen molar-refractivity contribution in [3.8, 4) is 0 Å². The molecule has 0 aliphatic rings. The average Bonchev–Trinajstić information content (AvgIpc) is 2.83. The smallest absolute Gasteiger partial charge is 0.328 e. The molecule has 0 aliphatic carbocycles. The van der Waals surface area contributed by atoms with Gasteiger partial charge in [0.05, 0.1) is 10.1 Å². The molecular weight excluding hydrogens is 332 g/mol. The molecule has 1 aromatic carbocycles. The Morgan fingerprint density at radius 1 is 1.17 bits per heavy atom. The van der Waals surface area contributed by atoms with E-state index in [1.807, 2.05) is 42.3 Å². The van der Waals surface area contributed by atoms with Crippen LogP contribution in [0.1, 0.15) is 6.42 Å². The number of aliphatic carboxylic acids is 2. The van der Waals surface area contributed by atoms with Crippen molar-refractivity contribution in [2.24, 2.45) is 0 Å². The standard InChI is InChI=1S/C12H16N2OS.C4H4O4/c1-13(2)8-5-9-14-12(15)10-6-3-4-7-11(10)16-14;5-3(6)1-2-4(7)8/h3-4,6-7H,5,8-9H2,1-2H3;1-2H,(H,5,6)(H,7,8)/b;2-1-. The summed E-state index contributed by atoms with van der Waals surface area (Å²) in [5.41, 5.74) is 0.152. The lowest BCUT2D eigenvalue weighted by molar-refractivity contribution is -0.134. The van der Waals surface area contributed by atoms with Gasteiger partial charge in [0.15, 0.2) is 0 Å². The Morgan fingerprint density at radius 3 is 2.25 bits per heavy atom. The summed E-state index contributed by atoms with van der Waals surface area (Å²) < 4.78 is 2.94. The Labute approximate surface area is 143 Å². The van der Waals surface area contributed by atoms with Crippen LogP contribution in [-0.2, 0) is 16.1 Å². The molecule has 0 amide bonds. The molecule has 0 saturated heterocycles. The first-order valence-electron chi connectivity index (χ1n) is 7.18. The quantitative estimate of drug-likeness (QED) is 0.768. The van der Waals surface area contributed by atoms with Crippen LogP contribution in [0, 0.1) is 0 Å². The van der Waals surface area contributed by atoms with Gasteiger partial charge in [0, 0.05) is 18.7 Å². The van der Waals surface area contributed by atoms with E-state index in [0.717, 1.165) is 29.6 Å². The Balaban J connectivity index is 0.000000307. The van der Waals surface area contributed by atoms with Crippen LogP contribution >= 0.6 is 11.5 Å². The van der Waals surface area contributed by atoms with E-state index in [9.17, 15) is 14.4 Å². The van der Waals surface area contributed by atoms with Gasteiger partial charge in [-0.2, -0.15) is 0 Å². The molecule has 0 aliphatic heterocycles. The van der Waals surface area contributed by atoms with Crippen LogP contribution < -0.4 is 5.56 Å². The Kier molecular flexibility index (Phi) is 7.87. The second kappa shape index (κ2) is 9.64. The van der Waals surface area contributed by atoms with Crippen LogP contribution in [-0.4, -0.2) is 51.6 Å². The number of aryl methyl sites for hydroxylation is 1. The number of carbonyl (C=O) groups is 2. The zero-order valence-electron chi connectivity index (χ0n) is 13.5. The minimum absolute atomic E-state index is 0.152. The highest BCUT2D eigenvalue weighted by Crippen LogP contribution is 2.15. The molecule has 0 unspecified atom stereocenters. The van der Waals surface area contributed by atoms with Crippen LogP contribution in [0.3, 0.4) is 0 Å². The molecule has 0 spiro atoms. The van der Waals surface area contributed by atoms with Crippen LogP contribution in [0.5, 0.6) is 0 Å². The molecule has 0 bridgehead atoms. The first-order valence-corrected chi connectivity index (χ1v) is 7.96. The first kappa shape index (κ1) is 19.6. The molecule has 0 atom stereocenters. The van der Waals surface area contributed by atoms with Crippen molar-refractivity contribution in [2.75, 3.05) is 20.6 Å². The van der Waals surface area contributed by atoms with Gasteiger partial charge in [0.2, 0.25) is 0 Å². The Hall–Kier alpha value is -2.45. The highest BCUT2D eigenvalue weighted by molar-refractivity contribution is 7.13. The number of aromatic nitrogens is 1. The number of nitrogens with zero attached hydrogens (tertiary/aromatic N) is 2. The van der Waals surface area contributed by atoms with Gasteiger partial charge in [0.25, 0.3) is 5.56 Å². The van der Waals surface area contributed by atoms with Crippen molar-refractivity contribution in [1.29, 1.82) is 0 Å². The highest BCUT2D eigenvalue weighted by Gasteiger charge is 2.05. The van der Waals surface area contributed by atoms with Crippen molar-refractivity contribution in [1.82, 2.24) is 8.86 Å². The lowest BCUT2D eigenvalue weighted by Gasteiger charge is -2.08. The van der Waals surface area contributed by atoms with Crippen molar-refractivity contribution in [3.63, 3.8) is 0 Å². The predicted octanol–water partition coefficient (Wildman–Crippen LogP) is 1.73. The third-order valence-corrected chi connectivity index (χ3v) is 4.01.